The summed E-state index contributed by atoms with van der Waals surface area (Å²) in [5.74, 6) is 0.219. The van der Waals surface area contributed by atoms with Gasteiger partial charge in [0.05, 0.1) is 22.8 Å². The molecule has 10 heteroatoms. The molecule has 1 aliphatic heterocycles. The van der Waals surface area contributed by atoms with Crippen LogP contribution in [0.15, 0.2) is 29.4 Å². The van der Waals surface area contributed by atoms with Crippen LogP contribution in [0.25, 0.3) is 0 Å². The Morgan fingerprint density at radius 2 is 1.97 bits per heavy atom. The molecule has 0 spiro atoms. The fourth-order valence-corrected chi connectivity index (χ4v) is 5.28. The van der Waals surface area contributed by atoms with Crippen molar-refractivity contribution in [2.45, 2.75) is 43.6 Å². The molecule has 4 aliphatic carbocycles. The molecule has 2 amide bonds. The summed E-state index contributed by atoms with van der Waals surface area (Å²) in [5, 5.41) is 11.9. The highest BCUT2D eigenvalue weighted by Gasteiger charge is 2.57. The Hall–Kier alpha value is -3.20. The molecule has 0 unspecified atom stereocenters. The molecule has 1 aromatic heterocycles. The van der Waals surface area contributed by atoms with Gasteiger partial charge in [-0.1, -0.05) is 11.6 Å². The number of halogens is 2. The topological polar surface area (TPSA) is 108 Å². The highest BCUT2D eigenvalue weighted by atomic mass is 35.5. The van der Waals surface area contributed by atoms with E-state index >= 15 is 4.39 Å². The molecule has 4 saturated carbocycles. The number of pyridine rings is 1. The van der Waals surface area contributed by atoms with Gasteiger partial charge in [0, 0.05) is 23.8 Å². The minimum atomic E-state index is -0.586. The maximum Gasteiger partial charge on any atom is 0.258 e. The molecule has 176 valence electrons. The van der Waals surface area contributed by atoms with Gasteiger partial charge in [-0.15, -0.1) is 0 Å². The SMILES string of the molecule is O=C(NC1=NCCN1)c1cc(F)c(Nc2nccc(C(=O)NC34CC(C3)C4)c2Cl)c(C2CC2)c1. The van der Waals surface area contributed by atoms with Crippen molar-refractivity contribution >= 4 is 40.9 Å². The lowest BCUT2D eigenvalue weighted by atomic mass is 9.50. The molecule has 2 aromatic rings. The number of hydrogen-bond acceptors (Lipinski definition) is 6. The largest absolute Gasteiger partial charge is 0.354 e. The monoisotopic (exact) mass is 482 g/mol. The standard InChI is InChI=1S/C24H24ClFN6O2/c25-18-15(22(34)32-24-9-12(10-24)11-24)3-4-27-20(18)30-19-16(13-1-2-13)7-14(8-17(19)26)21(33)31-23-28-5-6-29-23/h3-4,7-8,12-13H,1-2,5-6,9-11H2,(H,27,30)(H,32,34)(H2,28,29,31,33). The highest BCUT2D eigenvalue weighted by molar-refractivity contribution is 6.36. The van der Waals surface area contributed by atoms with E-state index in [1.807, 2.05) is 0 Å². The van der Waals surface area contributed by atoms with Crippen molar-refractivity contribution < 1.29 is 14.0 Å². The number of carbonyl (C=O) groups is 2. The molecule has 8 nitrogen and oxygen atoms in total. The summed E-state index contributed by atoms with van der Waals surface area (Å²) in [6, 6.07) is 4.45. The third-order valence-corrected chi connectivity index (χ3v) is 7.48. The number of nitrogens with one attached hydrogen (secondary N) is 4. The van der Waals surface area contributed by atoms with Crippen LogP contribution in [-0.4, -0.2) is 41.4 Å². The van der Waals surface area contributed by atoms with Gasteiger partial charge in [0.2, 0.25) is 0 Å². The van der Waals surface area contributed by atoms with Crippen molar-refractivity contribution in [3.8, 4) is 0 Å². The van der Waals surface area contributed by atoms with E-state index in [2.05, 4.69) is 31.2 Å². The molecule has 2 bridgehead atoms. The zero-order chi connectivity index (χ0) is 23.4. The van der Waals surface area contributed by atoms with E-state index in [0.29, 0.717) is 30.2 Å². The van der Waals surface area contributed by atoms with Crippen LogP contribution in [0, 0.1) is 11.7 Å². The van der Waals surface area contributed by atoms with Gasteiger partial charge >= 0.3 is 0 Å². The van der Waals surface area contributed by atoms with Crippen LogP contribution < -0.4 is 21.3 Å². The van der Waals surface area contributed by atoms with Gasteiger partial charge in [-0.05, 0) is 67.7 Å². The maximum atomic E-state index is 15.3. The van der Waals surface area contributed by atoms with Crippen molar-refractivity contribution in [2.24, 2.45) is 10.9 Å². The molecule has 0 atom stereocenters. The third-order valence-electron chi connectivity index (χ3n) is 7.10. The van der Waals surface area contributed by atoms with Crippen molar-refractivity contribution in [3.05, 3.63) is 51.9 Å². The normalized spacial score (nSPS) is 24.3. The van der Waals surface area contributed by atoms with Gasteiger partial charge in [-0.2, -0.15) is 0 Å². The van der Waals surface area contributed by atoms with E-state index in [9.17, 15) is 9.59 Å². The van der Waals surface area contributed by atoms with Crippen LogP contribution in [0.1, 0.15) is 64.3 Å². The number of rotatable bonds is 6. The number of nitrogens with zero attached hydrogens (tertiary/aromatic N) is 2. The predicted molar refractivity (Wildman–Crippen MR) is 126 cm³/mol. The second-order valence-electron chi connectivity index (χ2n) is 9.67. The first-order chi connectivity index (χ1) is 16.4. The molecular formula is C24H24ClFN6O2. The zero-order valence-corrected chi connectivity index (χ0v) is 19.1. The quantitative estimate of drug-likeness (QED) is 0.504. The number of anilines is 2. The van der Waals surface area contributed by atoms with Crippen molar-refractivity contribution in [1.29, 1.82) is 0 Å². The summed E-state index contributed by atoms with van der Waals surface area (Å²) in [4.78, 5) is 33.9. The molecular weight excluding hydrogens is 459 g/mol. The summed E-state index contributed by atoms with van der Waals surface area (Å²) in [5.41, 5.74) is 1.35. The minimum absolute atomic E-state index is 0.0802. The summed E-state index contributed by atoms with van der Waals surface area (Å²) in [6.45, 7) is 1.25. The van der Waals surface area contributed by atoms with Crippen LogP contribution in [0.3, 0.4) is 0 Å². The number of aliphatic imine (C=N–C) groups is 1. The van der Waals surface area contributed by atoms with Crippen molar-refractivity contribution in [1.82, 2.24) is 20.9 Å². The Kier molecular flexibility index (Phi) is 4.98. The molecule has 2 heterocycles. The number of guanidine groups is 1. The first kappa shape index (κ1) is 21.3. The van der Waals surface area contributed by atoms with Gasteiger partial charge < -0.3 is 16.0 Å². The lowest BCUT2D eigenvalue weighted by Gasteiger charge is -2.61. The molecule has 7 rings (SSSR count). The second-order valence-corrected chi connectivity index (χ2v) is 10.0. The molecule has 0 radical (unpaired) electrons. The number of carbonyl (C=O) groups excluding carboxylic acids is 2. The van der Waals surface area contributed by atoms with E-state index in [1.54, 1.807) is 12.1 Å². The average molecular weight is 483 g/mol. The first-order valence-corrected chi connectivity index (χ1v) is 12.0. The molecule has 34 heavy (non-hydrogen) atoms. The fraction of sp³-hybridized carbons (Fsp3) is 0.417. The molecule has 0 saturated heterocycles. The number of benzene rings is 1. The number of amides is 2. The second kappa shape index (κ2) is 7.94. The van der Waals surface area contributed by atoms with Gasteiger partial charge in [0.15, 0.2) is 5.96 Å². The average Bonchev–Trinajstić information content (AvgIpc) is 3.48. The first-order valence-electron chi connectivity index (χ1n) is 11.6. The van der Waals surface area contributed by atoms with Crippen molar-refractivity contribution in [3.63, 3.8) is 0 Å². The Balaban J connectivity index is 1.26. The lowest BCUT2D eigenvalue weighted by molar-refractivity contribution is -0.0438. The van der Waals surface area contributed by atoms with Gasteiger partial charge in [-0.3, -0.25) is 19.9 Å². The predicted octanol–water partition coefficient (Wildman–Crippen LogP) is 3.47. The third kappa shape index (κ3) is 3.77. The fourth-order valence-electron chi connectivity index (χ4n) is 5.03. The molecule has 4 fully saturated rings. The van der Waals surface area contributed by atoms with E-state index < -0.39 is 11.7 Å². The van der Waals surface area contributed by atoms with Gasteiger partial charge in [0.25, 0.3) is 11.8 Å². The van der Waals surface area contributed by atoms with Crippen LogP contribution >= 0.6 is 11.6 Å². The summed E-state index contributed by atoms with van der Waals surface area (Å²) in [6.07, 6.45) is 6.35. The van der Waals surface area contributed by atoms with Crippen LogP contribution in [0.2, 0.25) is 5.02 Å². The van der Waals surface area contributed by atoms with Crippen LogP contribution in [0.5, 0.6) is 0 Å². The molecule has 1 aromatic carbocycles. The Labute approximate surface area is 200 Å². The Morgan fingerprint density at radius 3 is 2.62 bits per heavy atom. The van der Waals surface area contributed by atoms with E-state index in [0.717, 1.165) is 38.0 Å². The Morgan fingerprint density at radius 1 is 1.18 bits per heavy atom. The summed E-state index contributed by atoms with van der Waals surface area (Å²) in [7, 11) is 0. The summed E-state index contributed by atoms with van der Waals surface area (Å²) < 4.78 is 15.3. The van der Waals surface area contributed by atoms with E-state index in [4.69, 9.17) is 11.6 Å². The Bertz CT molecular complexity index is 1230. The minimum Gasteiger partial charge on any atom is -0.354 e. The maximum absolute atomic E-state index is 15.3. The molecule has 5 aliphatic rings. The van der Waals surface area contributed by atoms with E-state index in [1.165, 1.54) is 12.3 Å². The van der Waals surface area contributed by atoms with Crippen molar-refractivity contribution in [2.75, 3.05) is 18.4 Å². The van der Waals surface area contributed by atoms with Gasteiger partial charge in [-0.25, -0.2) is 9.37 Å². The van der Waals surface area contributed by atoms with Gasteiger partial charge in [0.1, 0.15) is 11.6 Å². The van der Waals surface area contributed by atoms with Crippen LogP contribution in [-0.2, 0) is 0 Å². The highest BCUT2D eigenvalue weighted by Crippen LogP contribution is 2.57. The number of hydrogen-bond donors (Lipinski definition) is 4. The molecule has 4 N–H and O–H groups in total. The zero-order valence-electron chi connectivity index (χ0n) is 18.4. The smallest absolute Gasteiger partial charge is 0.258 e. The lowest BCUT2D eigenvalue weighted by Crippen LogP contribution is -2.68. The van der Waals surface area contributed by atoms with Crippen LogP contribution in [0.4, 0.5) is 15.9 Å². The summed E-state index contributed by atoms with van der Waals surface area (Å²) >= 11 is 6.54. The number of aromatic nitrogens is 1. The van der Waals surface area contributed by atoms with E-state index in [-0.39, 0.29) is 39.5 Å².